The van der Waals surface area contributed by atoms with E-state index >= 15 is 0 Å². The van der Waals surface area contributed by atoms with Crippen LogP contribution >= 0.6 is 0 Å². The van der Waals surface area contributed by atoms with Crippen LogP contribution in [0.4, 0.5) is 34.1 Å². The number of phenols is 2. The number of hydrogen-bond acceptors (Lipinski definition) is 18. The van der Waals surface area contributed by atoms with Crippen molar-refractivity contribution in [2.75, 3.05) is 25.7 Å². The summed E-state index contributed by atoms with van der Waals surface area (Å²) in [7, 11) is -19.0. The fourth-order valence-electron chi connectivity index (χ4n) is 6.28. The Bertz CT molecular complexity index is 3130. The summed E-state index contributed by atoms with van der Waals surface area (Å²) >= 11 is 0. The van der Waals surface area contributed by atoms with Crippen LogP contribution < -0.4 is 20.9 Å². The summed E-state index contributed by atoms with van der Waals surface area (Å²) in [5, 5.41) is 34.1. The number of ether oxygens (including phenoxy) is 2. The Hall–Kier alpha value is -5.52. The number of nitrogens with two attached hydrogens (primary N) is 2. The molecule has 0 bridgehead atoms. The molecule has 0 aliphatic carbocycles. The van der Waals surface area contributed by atoms with Gasteiger partial charge in [-0.05, 0) is 47.5 Å². The van der Waals surface area contributed by atoms with Crippen molar-refractivity contribution in [2.45, 2.75) is 19.6 Å². The van der Waals surface area contributed by atoms with E-state index in [1.807, 2.05) is 0 Å². The zero-order valence-corrected chi connectivity index (χ0v) is 36.5. The number of methoxy groups -OCH3 is 2. The van der Waals surface area contributed by atoms with Crippen LogP contribution in [0.5, 0.6) is 23.0 Å². The Morgan fingerprint density at radius 3 is 1.11 bits per heavy atom. The zero-order chi connectivity index (χ0) is 44.3. The number of anilines is 2. The third kappa shape index (κ3) is 8.81. The van der Waals surface area contributed by atoms with Crippen molar-refractivity contribution in [1.29, 1.82) is 0 Å². The molecule has 0 fully saturated rings. The number of rotatable bonds is 11. The minimum Gasteiger partial charge on any atom is -0.507 e. The van der Waals surface area contributed by atoms with Crippen LogP contribution in [0, 0.1) is 0 Å². The largest absolute Gasteiger partial charge is 0.507 e. The molecule has 0 saturated carbocycles. The molecule has 1 radical (unpaired) electrons. The molecule has 6 aromatic rings. The number of aromatic hydroxyl groups is 2. The fraction of sp³-hybridized carbons (Fsp3) is 0.0588. The van der Waals surface area contributed by atoms with E-state index in [1.165, 1.54) is 62.8 Å². The average molecular weight is 928 g/mol. The first-order valence-corrected chi connectivity index (χ1v) is 21.9. The van der Waals surface area contributed by atoms with Gasteiger partial charge in [-0.15, -0.1) is 20.5 Å². The Kier molecular flexibility index (Phi) is 12.8. The quantitative estimate of drug-likeness (QED) is 0.0335. The number of benzene rings is 6. The Balaban J connectivity index is 0.00000704. The van der Waals surface area contributed by atoms with Gasteiger partial charge in [-0.2, -0.15) is 33.7 Å². The van der Waals surface area contributed by atoms with Crippen molar-refractivity contribution in [3.63, 3.8) is 0 Å². The normalized spacial score (nSPS) is 12.6. The summed E-state index contributed by atoms with van der Waals surface area (Å²) in [6, 6.07) is 14.9. The fourth-order valence-corrected chi connectivity index (χ4v) is 9.62. The minimum absolute atomic E-state index is 0. The first-order valence-electron chi connectivity index (χ1n) is 16.1. The van der Waals surface area contributed by atoms with Crippen LogP contribution in [0.1, 0.15) is 0 Å². The number of nitrogens with zero attached hydrogens (tertiary/aromatic N) is 4. The molecule has 0 spiro atoms. The van der Waals surface area contributed by atoms with Gasteiger partial charge in [0.05, 0.1) is 25.6 Å². The standard InChI is InChI=1S/C34H28N6O16S4.Na/c1-55-23-13-15(9-11-19(23)37-39-29-31(57(43,44)45)17-5-3-7-21(41)25(17)27(35)33(29)59(49,50)51)16-10-12-20(24(14-16)56-2)38-40-30-32(58(46,47)48)18-6-4-8-22(42)26(18)28(36)34(30)60(52,53)54;/h3-14,41-42H,35-36H2,1-2H3,(H,43,44,45)(H,46,47,48)(H,49,50,51)(H,52,53,54);/b39-37+,40-38+;. The molecular weight excluding hydrogens is 900 g/mol. The van der Waals surface area contributed by atoms with E-state index in [9.17, 15) is 62.1 Å². The maximum absolute atomic E-state index is 12.6. The molecule has 0 amide bonds. The number of fused-ring (bicyclic) bond motifs is 2. The Morgan fingerprint density at radius 1 is 0.492 bits per heavy atom. The number of azo groups is 2. The average Bonchev–Trinajstić information content (AvgIpc) is 3.13. The molecule has 0 atom stereocenters. The molecule has 61 heavy (non-hydrogen) atoms. The number of phenolic OH excluding ortho intramolecular Hbond substituents is 2. The van der Waals surface area contributed by atoms with Crippen LogP contribution in [0.2, 0.25) is 0 Å². The zero-order valence-electron chi connectivity index (χ0n) is 31.3. The van der Waals surface area contributed by atoms with Crippen molar-refractivity contribution in [3.8, 4) is 34.1 Å². The summed E-state index contributed by atoms with van der Waals surface area (Å²) in [4.78, 5) is -4.85. The van der Waals surface area contributed by atoms with E-state index < -0.39 is 116 Å². The van der Waals surface area contributed by atoms with Gasteiger partial charge in [0.1, 0.15) is 65.3 Å². The van der Waals surface area contributed by atoms with Gasteiger partial charge in [0.2, 0.25) is 0 Å². The molecule has 0 aromatic heterocycles. The van der Waals surface area contributed by atoms with Crippen molar-refractivity contribution in [1.82, 2.24) is 0 Å². The first-order chi connectivity index (χ1) is 27.9. The molecule has 0 saturated heterocycles. The number of hydrogen-bond donors (Lipinski definition) is 8. The van der Waals surface area contributed by atoms with E-state index in [1.54, 1.807) is 0 Å². The van der Waals surface area contributed by atoms with Crippen molar-refractivity contribution in [2.24, 2.45) is 20.5 Å². The second-order valence-electron chi connectivity index (χ2n) is 12.3. The molecule has 0 heterocycles. The van der Waals surface area contributed by atoms with Crippen LogP contribution in [0.3, 0.4) is 0 Å². The van der Waals surface area contributed by atoms with Crippen molar-refractivity contribution >= 4 is 126 Å². The summed E-state index contributed by atoms with van der Waals surface area (Å²) in [6.07, 6.45) is 0. The van der Waals surface area contributed by atoms with Crippen LogP contribution in [-0.2, 0) is 40.5 Å². The molecular formula is C34H28N6NaO16S4. The van der Waals surface area contributed by atoms with E-state index in [0.29, 0.717) is 11.1 Å². The van der Waals surface area contributed by atoms with Crippen molar-refractivity contribution < 1.29 is 71.6 Å². The van der Waals surface area contributed by atoms with Gasteiger partial charge < -0.3 is 31.2 Å². The summed E-state index contributed by atoms with van der Waals surface area (Å²) in [5.41, 5.74) is 8.64. The predicted octanol–water partition coefficient (Wildman–Crippen LogP) is 5.69. The van der Waals surface area contributed by atoms with Gasteiger partial charge in [-0.3, -0.25) is 18.2 Å². The van der Waals surface area contributed by atoms with Gasteiger partial charge in [0.25, 0.3) is 40.5 Å². The molecule has 27 heteroatoms. The van der Waals surface area contributed by atoms with E-state index in [-0.39, 0.29) is 52.4 Å². The molecule has 22 nitrogen and oxygen atoms in total. The maximum atomic E-state index is 12.6. The third-order valence-corrected chi connectivity index (χ3v) is 12.4. The molecule has 0 aliphatic heterocycles. The molecule has 6 aromatic carbocycles. The SMILES string of the molecule is COc1cc(-c2ccc(/N=N/c3c(S(=O)(=O)O)c(N)c4c(O)cccc4c3S(=O)(=O)O)c(OC)c2)ccc1/N=N/c1c(S(=O)(=O)O)c(N)c2c(O)cccc2c1S(=O)(=O)O.[Na]. The Labute approximate surface area is 367 Å². The van der Waals surface area contributed by atoms with E-state index in [2.05, 4.69) is 20.5 Å². The third-order valence-electron chi connectivity index (χ3n) is 8.70. The summed E-state index contributed by atoms with van der Waals surface area (Å²) in [5.74, 6) is -1.46. The van der Waals surface area contributed by atoms with Gasteiger partial charge in [-0.1, -0.05) is 36.4 Å². The van der Waals surface area contributed by atoms with Gasteiger partial charge in [0.15, 0.2) is 0 Å². The Morgan fingerprint density at radius 2 is 0.820 bits per heavy atom. The molecule has 6 rings (SSSR count). The van der Waals surface area contributed by atoms with E-state index in [0.717, 1.165) is 24.3 Å². The topological polar surface area (TPSA) is 378 Å². The smallest absolute Gasteiger partial charge is 0.298 e. The molecule has 0 unspecified atom stereocenters. The molecule has 315 valence electrons. The van der Waals surface area contributed by atoms with Gasteiger partial charge in [0, 0.05) is 51.1 Å². The van der Waals surface area contributed by atoms with Gasteiger partial charge in [-0.25, -0.2) is 0 Å². The second-order valence-corrected chi connectivity index (χ2v) is 17.7. The van der Waals surface area contributed by atoms with Crippen LogP contribution in [0.25, 0.3) is 32.7 Å². The number of nitrogen functional groups attached to an aromatic ring is 2. The summed E-state index contributed by atoms with van der Waals surface area (Å²) in [6.45, 7) is 0. The monoisotopic (exact) mass is 927 g/mol. The maximum Gasteiger partial charge on any atom is 0.298 e. The van der Waals surface area contributed by atoms with Crippen molar-refractivity contribution in [3.05, 3.63) is 72.8 Å². The predicted molar refractivity (Wildman–Crippen MR) is 218 cm³/mol. The van der Waals surface area contributed by atoms with Crippen LogP contribution in [0.15, 0.2) is 113 Å². The van der Waals surface area contributed by atoms with Crippen LogP contribution in [-0.4, -0.2) is 106 Å². The van der Waals surface area contributed by atoms with E-state index in [4.69, 9.17) is 20.9 Å². The molecule has 0 aliphatic rings. The summed E-state index contributed by atoms with van der Waals surface area (Å²) < 4.78 is 152. The first kappa shape index (κ1) is 46.5. The second kappa shape index (κ2) is 16.7. The van der Waals surface area contributed by atoms with Gasteiger partial charge >= 0.3 is 0 Å². The minimum atomic E-state index is -5.39. The molecule has 10 N–H and O–H groups in total.